The van der Waals surface area contributed by atoms with Crippen LogP contribution in [0.3, 0.4) is 0 Å². The molecule has 0 spiro atoms. The fourth-order valence-electron chi connectivity index (χ4n) is 1.03. The van der Waals surface area contributed by atoms with E-state index in [2.05, 4.69) is 38.5 Å². The summed E-state index contributed by atoms with van der Waals surface area (Å²) in [5.41, 5.74) is 0. The standard InChI is InChI=1S/C6H9BrFI/c7-5-2-1-4(9)3-6(5)8/h4-6H,1-3H2. The Hall–Kier alpha value is 1.14. The molecule has 0 aromatic carbocycles. The van der Waals surface area contributed by atoms with Gasteiger partial charge in [-0.1, -0.05) is 38.5 Å². The van der Waals surface area contributed by atoms with Crippen molar-refractivity contribution in [3.05, 3.63) is 0 Å². The number of halogens is 3. The fraction of sp³-hybridized carbons (Fsp3) is 1.00. The van der Waals surface area contributed by atoms with E-state index in [0.717, 1.165) is 19.3 Å². The summed E-state index contributed by atoms with van der Waals surface area (Å²) in [5.74, 6) is 0. The summed E-state index contributed by atoms with van der Waals surface area (Å²) in [6.45, 7) is 0. The molecule has 1 fully saturated rings. The number of rotatable bonds is 0. The molecule has 0 aromatic rings. The second kappa shape index (κ2) is 3.51. The van der Waals surface area contributed by atoms with Gasteiger partial charge in [-0.05, 0) is 19.3 Å². The molecule has 3 unspecified atom stereocenters. The SMILES string of the molecule is FC1CC(I)CCC1Br. The molecule has 0 amide bonds. The molecular weight excluding hydrogens is 298 g/mol. The molecular formula is C6H9BrFI. The Labute approximate surface area is 76.9 Å². The quantitative estimate of drug-likeness (QED) is 0.476. The third-order valence-corrected chi connectivity index (χ3v) is 3.79. The van der Waals surface area contributed by atoms with Crippen LogP contribution in [-0.4, -0.2) is 14.9 Å². The third kappa shape index (κ3) is 2.33. The Balaban J connectivity index is 2.35. The van der Waals surface area contributed by atoms with Gasteiger partial charge in [0.2, 0.25) is 0 Å². The molecule has 0 aliphatic heterocycles. The summed E-state index contributed by atoms with van der Waals surface area (Å²) in [6.07, 6.45) is 2.28. The molecule has 0 radical (unpaired) electrons. The maximum Gasteiger partial charge on any atom is 0.114 e. The van der Waals surface area contributed by atoms with Gasteiger partial charge in [0.25, 0.3) is 0 Å². The summed E-state index contributed by atoms with van der Waals surface area (Å²) in [5, 5.41) is 0. The van der Waals surface area contributed by atoms with Gasteiger partial charge >= 0.3 is 0 Å². The van der Waals surface area contributed by atoms with E-state index < -0.39 is 6.17 Å². The molecule has 54 valence electrons. The molecule has 9 heavy (non-hydrogen) atoms. The Kier molecular flexibility index (Phi) is 3.21. The highest BCUT2D eigenvalue weighted by atomic mass is 127. The van der Waals surface area contributed by atoms with Gasteiger partial charge in [0.05, 0.1) is 0 Å². The van der Waals surface area contributed by atoms with Crippen molar-refractivity contribution in [2.45, 2.75) is 34.2 Å². The Bertz CT molecular complexity index is 99.1. The van der Waals surface area contributed by atoms with Crippen molar-refractivity contribution in [2.75, 3.05) is 0 Å². The van der Waals surface area contributed by atoms with Crippen LogP contribution < -0.4 is 0 Å². The Morgan fingerprint density at radius 2 is 2.11 bits per heavy atom. The lowest BCUT2D eigenvalue weighted by Crippen LogP contribution is -2.26. The van der Waals surface area contributed by atoms with Gasteiger partial charge in [-0.15, -0.1) is 0 Å². The number of hydrogen-bond donors (Lipinski definition) is 0. The highest BCUT2D eigenvalue weighted by Crippen LogP contribution is 2.31. The molecule has 1 saturated carbocycles. The Morgan fingerprint density at radius 3 is 2.56 bits per heavy atom. The average molecular weight is 307 g/mol. The first-order chi connectivity index (χ1) is 4.20. The van der Waals surface area contributed by atoms with Crippen LogP contribution >= 0.6 is 38.5 Å². The van der Waals surface area contributed by atoms with E-state index in [1.165, 1.54) is 0 Å². The van der Waals surface area contributed by atoms with Crippen LogP contribution in [0.15, 0.2) is 0 Å². The Morgan fingerprint density at radius 1 is 1.44 bits per heavy atom. The van der Waals surface area contributed by atoms with E-state index in [0.29, 0.717) is 3.92 Å². The van der Waals surface area contributed by atoms with Gasteiger partial charge in [-0.2, -0.15) is 0 Å². The van der Waals surface area contributed by atoms with E-state index >= 15 is 0 Å². The minimum atomic E-state index is -0.611. The van der Waals surface area contributed by atoms with Gasteiger partial charge in [0, 0.05) is 8.75 Å². The van der Waals surface area contributed by atoms with Crippen LogP contribution in [0.25, 0.3) is 0 Å². The smallest absolute Gasteiger partial charge is 0.114 e. The summed E-state index contributed by atoms with van der Waals surface area (Å²) in [7, 11) is 0. The minimum Gasteiger partial charge on any atom is -0.246 e. The van der Waals surface area contributed by atoms with E-state index in [4.69, 9.17) is 0 Å². The van der Waals surface area contributed by atoms with Crippen LogP contribution in [0.4, 0.5) is 4.39 Å². The zero-order chi connectivity index (χ0) is 6.85. The van der Waals surface area contributed by atoms with Crippen molar-refractivity contribution in [1.82, 2.24) is 0 Å². The van der Waals surface area contributed by atoms with Gasteiger partial charge < -0.3 is 0 Å². The lowest BCUT2D eigenvalue weighted by atomic mass is 9.99. The number of hydrogen-bond acceptors (Lipinski definition) is 0. The van der Waals surface area contributed by atoms with Crippen molar-refractivity contribution >= 4 is 38.5 Å². The van der Waals surface area contributed by atoms with Crippen LogP contribution in [-0.2, 0) is 0 Å². The molecule has 0 saturated heterocycles. The van der Waals surface area contributed by atoms with Gasteiger partial charge in [0.1, 0.15) is 6.17 Å². The first-order valence-corrected chi connectivity index (χ1v) is 5.28. The molecule has 0 N–H and O–H groups in total. The largest absolute Gasteiger partial charge is 0.246 e. The zero-order valence-electron chi connectivity index (χ0n) is 4.99. The fourth-order valence-corrected chi connectivity index (χ4v) is 2.36. The van der Waals surface area contributed by atoms with Crippen molar-refractivity contribution < 1.29 is 4.39 Å². The van der Waals surface area contributed by atoms with Crippen LogP contribution in [0.2, 0.25) is 0 Å². The molecule has 0 aromatic heterocycles. The molecule has 1 aliphatic rings. The van der Waals surface area contributed by atoms with E-state index in [1.807, 2.05) is 0 Å². The van der Waals surface area contributed by atoms with Gasteiger partial charge in [-0.3, -0.25) is 0 Å². The molecule has 1 aliphatic carbocycles. The zero-order valence-corrected chi connectivity index (χ0v) is 8.73. The van der Waals surface area contributed by atoms with Crippen molar-refractivity contribution in [1.29, 1.82) is 0 Å². The van der Waals surface area contributed by atoms with Crippen LogP contribution in [0.5, 0.6) is 0 Å². The highest BCUT2D eigenvalue weighted by Gasteiger charge is 2.26. The van der Waals surface area contributed by atoms with Crippen molar-refractivity contribution in [3.8, 4) is 0 Å². The van der Waals surface area contributed by atoms with E-state index in [-0.39, 0.29) is 4.83 Å². The van der Waals surface area contributed by atoms with E-state index in [1.54, 1.807) is 0 Å². The molecule has 3 heteroatoms. The van der Waals surface area contributed by atoms with Gasteiger partial charge in [0.15, 0.2) is 0 Å². The first kappa shape index (κ1) is 8.24. The summed E-state index contributed by atoms with van der Waals surface area (Å²) < 4.78 is 13.3. The average Bonchev–Trinajstić information content (AvgIpc) is 1.80. The maximum atomic E-state index is 12.8. The summed E-state index contributed by atoms with van der Waals surface area (Å²) in [4.78, 5) is 0.128. The third-order valence-electron chi connectivity index (χ3n) is 1.63. The lowest BCUT2D eigenvalue weighted by Gasteiger charge is -2.24. The number of alkyl halides is 3. The molecule has 0 heterocycles. The maximum absolute atomic E-state index is 12.8. The van der Waals surface area contributed by atoms with Crippen molar-refractivity contribution in [3.63, 3.8) is 0 Å². The van der Waals surface area contributed by atoms with E-state index in [9.17, 15) is 4.39 Å². The molecule has 0 bridgehead atoms. The van der Waals surface area contributed by atoms with Crippen LogP contribution in [0, 0.1) is 0 Å². The topological polar surface area (TPSA) is 0 Å². The molecule has 3 atom stereocenters. The lowest BCUT2D eigenvalue weighted by molar-refractivity contribution is 0.272. The molecule has 1 rings (SSSR count). The van der Waals surface area contributed by atoms with Crippen LogP contribution in [0.1, 0.15) is 19.3 Å². The molecule has 0 nitrogen and oxygen atoms in total. The predicted octanol–water partition coefficient (Wildman–Crippen LogP) is 3.08. The monoisotopic (exact) mass is 306 g/mol. The van der Waals surface area contributed by atoms with Gasteiger partial charge in [-0.25, -0.2) is 4.39 Å². The summed E-state index contributed by atoms with van der Waals surface area (Å²) >= 11 is 5.62. The van der Waals surface area contributed by atoms with Crippen molar-refractivity contribution in [2.24, 2.45) is 0 Å². The second-order valence-electron chi connectivity index (χ2n) is 2.44. The minimum absolute atomic E-state index is 0.128. The summed E-state index contributed by atoms with van der Waals surface area (Å²) in [6, 6.07) is 0. The predicted molar refractivity (Wildman–Crippen MR) is 49.3 cm³/mol. The normalized spacial score (nSPS) is 45.0. The highest BCUT2D eigenvalue weighted by molar-refractivity contribution is 14.1. The first-order valence-electron chi connectivity index (χ1n) is 3.12. The second-order valence-corrected chi connectivity index (χ2v) is 5.38.